The van der Waals surface area contributed by atoms with Gasteiger partial charge < -0.3 is 14.5 Å². The Labute approximate surface area is 120 Å². The number of aromatic nitrogens is 2. The van der Waals surface area contributed by atoms with Gasteiger partial charge in [0.25, 0.3) is 5.22 Å². The van der Waals surface area contributed by atoms with Crippen molar-refractivity contribution in [1.29, 1.82) is 0 Å². The molecule has 1 aromatic heterocycles. The van der Waals surface area contributed by atoms with Crippen molar-refractivity contribution in [1.82, 2.24) is 10.2 Å². The maximum Gasteiger partial charge on any atom is 0.277 e. The zero-order chi connectivity index (χ0) is 14.4. The van der Waals surface area contributed by atoms with E-state index >= 15 is 0 Å². The topological polar surface area (TPSA) is 77.2 Å². The molecular weight excluding hydrogens is 278 g/mol. The van der Waals surface area contributed by atoms with Crippen molar-refractivity contribution < 1.29 is 13.9 Å². The van der Waals surface area contributed by atoms with Crippen LogP contribution in [0.3, 0.4) is 0 Å². The second kappa shape index (κ2) is 6.95. The molecule has 20 heavy (non-hydrogen) atoms. The lowest BCUT2D eigenvalue weighted by Crippen LogP contribution is -2.13. The molecule has 0 aliphatic carbocycles. The van der Waals surface area contributed by atoms with Crippen molar-refractivity contribution in [2.45, 2.75) is 18.6 Å². The zero-order valence-corrected chi connectivity index (χ0v) is 12.1. The van der Waals surface area contributed by atoms with Gasteiger partial charge in [0.2, 0.25) is 11.8 Å². The quantitative estimate of drug-likeness (QED) is 0.824. The fourth-order valence-electron chi connectivity index (χ4n) is 1.46. The molecule has 0 aliphatic rings. The number of nitrogens with one attached hydrogen (secondary N) is 1. The molecule has 2 rings (SSSR count). The Morgan fingerprint density at radius 1 is 1.45 bits per heavy atom. The van der Waals surface area contributed by atoms with Gasteiger partial charge in [0.15, 0.2) is 0 Å². The third-order valence-electron chi connectivity index (χ3n) is 2.43. The lowest BCUT2D eigenvalue weighted by molar-refractivity contribution is -0.113. The Balaban J connectivity index is 1.85. The van der Waals surface area contributed by atoms with Crippen LogP contribution in [-0.2, 0) is 11.2 Å². The van der Waals surface area contributed by atoms with Crippen LogP contribution in [0.1, 0.15) is 12.8 Å². The minimum Gasteiger partial charge on any atom is -0.497 e. The molecule has 0 spiro atoms. The standard InChI is InChI=1S/C13H15N3O3S/c1-3-12-15-16-13(19-12)20-8-11(17)14-9-5-4-6-10(7-9)18-2/h4-7H,3,8H2,1-2H3,(H,14,17). The molecule has 0 saturated carbocycles. The summed E-state index contributed by atoms with van der Waals surface area (Å²) in [5, 5.41) is 10.9. The van der Waals surface area contributed by atoms with Crippen LogP contribution in [0.2, 0.25) is 0 Å². The minimum atomic E-state index is -0.139. The number of rotatable bonds is 6. The molecule has 0 bridgehead atoms. The van der Waals surface area contributed by atoms with E-state index in [4.69, 9.17) is 9.15 Å². The Kier molecular flexibility index (Phi) is 5.00. The van der Waals surface area contributed by atoms with E-state index in [1.54, 1.807) is 19.2 Å². The van der Waals surface area contributed by atoms with Crippen LogP contribution in [0, 0.1) is 0 Å². The molecule has 6 nitrogen and oxygen atoms in total. The molecule has 1 aromatic carbocycles. The second-order valence-electron chi connectivity index (χ2n) is 3.88. The summed E-state index contributed by atoms with van der Waals surface area (Å²) in [6, 6.07) is 7.18. The normalized spacial score (nSPS) is 10.3. The van der Waals surface area contributed by atoms with Crippen LogP contribution >= 0.6 is 11.8 Å². The summed E-state index contributed by atoms with van der Waals surface area (Å²) in [6.07, 6.45) is 0.684. The number of methoxy groups -OCH3 is 1. The van der Waals surface area contributed by atoms with Gasteiger partial charge in [-0.3, -0.25) is 4.79 Å². The molecule has 2 aromatic rings. The van der Waals surface area contributed by atoms with E-state index in [2.05, 4.69) is 15.5 Å². The summed E-state index contributed by atoms with van der Waals surface area (Å²) in [6.45, 7) is 1.93. The molecule has 0 saturated heterocycles. The van der Waals surface area contributed by atoms with Crippen LogP contribution < -0.4 is 10.1 Å². The van der Waals surface area contributed by atoms with Crippen LogP contribution in [0.15, 0.2) is 33.9 Å². The third kappa shape index (κ3) is 3.99. The van der Waals surface area contributed by atoms with E-state index in [1.807, 2.05) is 19.1 Å². The first kappa shape index (κ1) is 14.4. The van der Waals surface area contributed by atoms with Gasteiger partial charge in [0.1, 0.15) is 5.75 Å². The highest BCUT2D eigenvalue weighted by Gasteiger charge is 2.09. The van der Waals surface area contributed by atoms with Crippen LogP contribution in [-0.4, -0.2) is 29.0 Å². The van der Waals surface area contributed by atoms with Gasteiger partial charge in [-0.25, -0.2) is 0 Å². The molecule has 0 fully saturated rings. The number of aryl methyl sites for hydroxylation is 1. The number of benzene rings is 1. The van der Waals surface area contributed by atoms with E-state index in [0.29, 0.717) is 29.0 Å². The second-order valence-corrected chi connectivity index (χ2v) is 4.81. The van der Waals surface area contributed by atoms with E-state index < -0.39 is 0 Å². The van der Waals surface area contributed by atoms with E-state index in [9.17, 15) is 4.79 Å². The molecule has 0 aliphatic heterocycles. The number of carbonyl (C=O) groups excluding carboxylic acids is 1. The minimum absolute atomic E-state index is 0.139. The number of hydrogen-bond acceptors (Lipinski definition) is 6. The van der Waals surface area contributed by atoms with Crippen LogP contribution in [0.25, 0.3) is 0 Å². The summed E-state index contributed by atoms with van der Waals surface area (Å²) in [5.74, 6) is 1.34. The number of ether oxygens (including phenoxy) is 1. The molecule has 7 heteroatoms. The maximum atomic E-state index is 11.8. The van der Waals surface area contributed by atoms with Crippen molar-refractivity contribution >= 4 is 23.4 Å². The molecule has 1 amide bonds. The average molecular weight is 293 g/mol. The van der Waals surface area contributed by atoms with Gasteiger partial charge >= 0.3 is 0 Å². The summed E-state index contributed by atoms with van der Waals surface area (Å²) >= 11 is 1.21. The Morgan fingerprint density at radius 3 is 3.00 bits per heavy atom. The van der Waals surface area contributed by atoms with Gasteiger partial charge in [-0.2, -0.15) is 0 Å². The van der Waals surface area contributed by atoms with Gasteiger partial charge in [0.05, 0.1) is 12.9 Å². The van der Waals surface area contributed by atoms with Crippen molar-refractivity contribution in [3.63, 3.8) is 0 Å². The Hall–Kier alpha value is -2.02. The van der Waals surface area contributed by atoms with Gasteiger partial charge in [-0.15, -0.1) is 10.2 Å². The highest BCUT2D eigenvalue weighted by atomic mass is 32.2. The summed E-state index contributed by atoms with van der Waals surface area (Å²) in [4.78, 5) is 11.8. The lowest BCUT2D eigenvalue weighted by atomic mass is 10.3. The zero-order valence-electron chi connectivity index (χ0n) is 11.3. The van der Waals surface area contributed by atoms with Crippen molar-refractivity contribution in [2.24, 2.45) is 0 Å². The van der Waals surface area contributed by atoms with Crippen molar-refractivity contribution in [3.05, 3.63) is 30.2 Å². The van der Waals surface area contributed by atoms with Crippen molar-refractivity contribution in [2.75, 3.05) is 18.2 Å². The first-order valence-electron chi connectivity index (χ1n) is 6.10. The SMILES string of the molecule is CCc1nnc(SCC(=O)Nc2cccc(OC)c2)o1. The summed E-state index contributed by atoms with van der Waals surface area (Å²) in [7, 11) is 1.58. The molecule has 0 atom stereocenters. The molecule has 0 unspecified atom stereocenters. The predicted octanol–water partition coefficient (Wildman–Crippen LogP) is 2.37. The van der Waals surface area contributed by atoms with Crippen LogP contribution in [0.4, 0.5) is 5.69 Å². The molecular formula is C13H15N3O3S. The lowest BCUT2D eigenvalue weighted by Gasteiger charge is -2.05. The summed E-state index contributed by atoms with van der Waals surface area (Å²) < 4.78 is 10.4. The average Bonchev–Trinajstić information content (AvgIpc) is 2.93. The van der Waals surface area contributed by atoms with Gasteiger partial charge in [-0.1, -0.05) is 24.8 Å². The fourth-order valence-corrected chi connectivity index (χ4v) is 2.05. The fraction of sp³-hybridized carbons (Fsp3) is 0.308. The number of carbonyl (C=O) groups is 1. The molecule has 0 radical (unpaired) electrons. The molecule has 106 valence electrons. The number of amides is 1. The smallest absolute Gasteiger partial charge is 0.277 e. The highest BCUT2D eigenvalue weighted by Crippen LogP contribution is 2.19. The Morgan fingerprint density at radius 2 is 2.30 bits per heavy atom. The monoisotopic (exact) mass is 293 g/mol. The number of nitrogens with zero attached hydrogens (tertiary/aromatic N) is 2. The first-order chi connectivity index (χ1) is 9.71. The third-order valence-corrected chi connectivity index (χ3v) is 3.25. The van der Waals surface area contributed by atoms with Crippen LogP contribution in [0.5, 0.6) is 5.75 Å². The van der Waals surface area contributed by atoms with E-state index in [1.165, 1.54) is 11.8 Å². The van der Waals surface area contributed by atoms with Crippen molar-refractivity contribution in [3.8, 4) is 5.75 Å². The number of hydrogen-bond donors (Lipinski definition) is 1. The number of thioether (sulfide) groups is 1. The van der Waals surface area contributed by atoms with Gasteiger partial charge in [0, 0.05) is 18.2 Å². The maximum absolute atomic E-state index is 11.8. The van der Waals surface area contributed by atoms with E-state index in [-0.39, 0.29) is 11.7 Å². The predicted molar refractivity (Wildman–Crippen MR) is 76.0 cm³/mol. The largest absolute Gasteiger partial charge is 0.497 e. The number of anilines is 1. The van der Waals surface area contributed by atoms with E-state index in [0.717, 1.165) is 0 Å². The molecule has 1 N–H and O–H groups in total. The molecule has 1 heterocycles. The van der Waals surface area contributed by atoms with Gasteiger partial charge in [-0.05, 0) is 12.1 Å². The Bertz CT molecular complexity index is 586. The summed E-state index contributed by atoms with van der Waals surface area (Å²) in [5.41, 5.74) is 0.690. The first-order valence-corrected chi connectivity index (χ1v) is 7.09. The highest BCUT2D eigenvalue weighted by molar-refractivity contribution is 7.99.